The summed E-state index contributed by atoms with van der Waals surface area (Å²) in [4.78, 5) is 37.1. The molecule has 0 aromatic carbocycles. The zero-order valence-electron chi connectivity index (χ0n) is 10.9. The van der Waals surface area contributed by atoms with E-state index in [4.69, 9.17) is 4.74 Å². The molecule has 2 rings (SSSR count). The van der Waals surface area contributed by atoms with Crippen molar-refractivity contribution in [3.05, 3.63) is 12.7 Å². The Bertz CT molecular complexity index is 444. The van der Waals surface area contributed by atoms with Crippen LogP contribution in [0.2, 0.25) is 0 Å². The predicted octanol–water partition coefficient (Wildman–Crippen LogP) is -0.489. The van der Waals surface area contributed by atoms with E-state index in [1.807, 2.05) is 0 Å². The molecule has 1 unspecified atom stereocenters. The second-order valence-corrected chi connectivity index (χ2v) is 5.01. The highest BCUT2D eigenvalue weighted by Crippen LogP contribution is 2.43. The summed E-state index contributed by atoms with van der Waals surface area (Å²) in [6.45, 7) is 6.60. The van der Waals surface area contributed by atoms with Gasteiger partial charge in [-0.15, -0.1) is 0 Å². The average Bonchev–Trinajstić information content (AvgIpc) is 2.57. The molecule has 0 bridgehead atoms. The van der Waals surface area contributed by atoms with E-state index < -0.39 is 36.0 Å². The van der Waals surface area contributed by atoms with Gasteiger partial charge in [0.2, 0.25) is 5.91 Å². The minimum absolute atomic E-state index is 0.00349. The topological polar surface area (TPSA) is 83.9 Å². The second kappa shape index (κ2) is 4.77. The van der Waals surface area contributed by atoms with E-state index in [9.17, 15) is 19.5 Å². The molecular weight excluding hydrogens is 250 g/mol. The third-order valence-electron chi connectivity index (χ3n) is 3.82. The zero-order chi connectivity index (χ0) is 14.3. The van der Waals surface area contributed by atoms with Crippen molar-refractivity contribution in [2.45, 2.75) is 32.0 Å². The number of fused-ring (bicyclic) bond motifs is 1. The number of ketones is 1. The van der Waals surface area contributed by atoms with Crippen molar-refractivity contribution in [1.29, 1.82) is 0 Å². The highest BCUT2D eigenvalue weighted by molar-refractivity contribution is 6.12. The van der Waals surface area contributed by atoms with E-state index in [1.54, 1.807) is 6.92 Å². The van der Waals surface area contributed by atoms with Crippen molar-refractivity contribution in [3.63, 3.8) is 0 Å². The Labute approximate surface area is 111 Å². The summed E-state index contributed by atoms with van der Waals surface area (Å²) in [5.74, 6) is -2.47. The highest BCUT2D eigenvalue weighted by Gasteiger charge is 2.64. The van der Waals surface area contributed by atoms with Crippen LogP contribution < -0.4 is 0 Å². The molecule has 0 radical (unpaired) electrons. The first-order chi connectivity index (χ1) is 8.91. The Morgan fingerprint density at radius 1 is 1.58 bits per heavy atom. The number of esters is 1. The lowest BCUT2D eigenvalue weighted by Gasteiger charge is -2.46. The fourth-order valence-corrected chi connectivity index (χ4v) is 2.90. The Balaban J connectivity index is 2.20. The summed E-state index contributed by atoms with van der Waals surface area (Å²) < 4.78 is 4.86. The zero-order valence-corrected chi connectivity index (χ0v) is 10.9. The minimum Gasteiger partial charge on any atom is -0.460 e. The number of aliphatic hydroxyl groups excluding tert-OH is 1. The van der Waals surface area contributed by atoms with Gasteiger partial charge >= 0.3 is 5.97 Å². The van der Waals surface area contributed by atoms with Crippen LogP contribution in [0.5, 0.6) is 0 Å². The Hall–Kier alpha value is -1.69. The maximum atomic E-state index is 12.1. The molecule has 19 heavy (non-hydrogen) atoms. The van der Waals surface area contributed by atoms with Gasteiger partial charge in [-0.2, -0.15) is 0 Å². The first kappa shape index (κ1) is 13.7. The summed E-state index contributed by atoms with van der Waals surface area (Å²) in [7, 11) is 0. The number of amides is 1. The Morgan fingerprint density at radius 2 is 2.21 bits per heavy atom. The normalized spacial score (nSPS) is 34.6. The molecule has 0 saturated carbocycles. The van der Waals surface area contributed by atoms with Gasteiger partial charge in [0.25, 0.3) is 0 Å². The van der Waals surface area contributed by atoms with Crippen LogP contribution in [0, 0.1) is 11.8 Å². The molecule has 0 aromatic heterocycles. The number of ether oxygens (including phenoxy) is 1. The van der Waals surface area contributed by atoms with Crippen LogP contribution in [0.15, 0.2) is 12.7 Å². The van der Waals surface area contributed by atoms with Gasteiger partial charge in [0.1, 0.15) is 6.61 Å². The van der Waals surface area contributed by atoms with Crippen LogP contribution in [0.25, 0.3) is 0 Å². The van der Waals surface area contributed by atoms with Gasteiger partial charge in [0.05, 0.1) is 18.1 Å². The second-order valence-electron chi connectivity index (χ2n) is 5.01. The Kier molecular flexibility index (Phi) is 3.45. The molecule has 5 atom stereocenters. The largest absolute Gasteiger partial charge is 0.460 e. The maximum Gasteiger partial charge on any atom is 0.337 e. The molecule has 2 aliphatic heterocycles. The number of β-lactam (4-membered cyclic amide) rings is 1. The van der Waals surface area contributed by atoms with Gasteiger partial charge in [0, 0.05) is 5.92 Å². The molecule has 1 amide bonds. The van der Waals surface area contributed by atoms with E-state index in [1.165, 1.54) is 17.9 Å². The third-order valence-corrected chi connectivity index (χ3v) is 3.82. The summed E-state index contributed by atoms with van der Waals surface area (Å²) in [5, 5.41) is 9.57. The number of carbonyl (C=O) groups excluding carboxylic acids is 3. The van der Waals surface area contributed by atoms with Crippen molar-refractivity contribution >= 4 is 17.7 Å². The molecular formula is C13H17NO5. The lowest BCUT2D eigenvalue weighted by molar-refractivity contribution is -0.172. The highest BCUT2D eigenvalue weighted by atomic mass is 16.5. The van der Waals surface area contributed by atoms with Crippen molar-refractivity contribution < 1.29 is 24.2 Å². The van der Waals surface area contributed by atoms with Crippen molar-refractivity contribution in [3.8, 4) is 0 Å². The van der Waals surface area contributed by atoms with Crippen molar-refractivity contribution in [1.82, 2.24) is 4.90 Å². The maximum absolute atomic E-state index is 12.1. The predicted molar refractivity (Wildman–Crippen MR) is 64.9 cm³/mol. The van der Waals surface area contributed by atoms with E-state index >= 15 is 0 Å². The van der Waals surface area contributed by atoms with Gasteiger partial charge < -0.3 is 14.7 Å². The van der Waals surface area contributed by atoms with Crippen LogP contribution in [0.3, 0.4) is 0 Å². The number of hydrogen-bond donors (Lipinski definition) is 1. The molecule has 6 nitrogen and oxygen atoms in total. The molecule has 2 heterocycles. The minimum atomic E-state index is -1.16. The van der Waals surface area contributed by atoms with E-state index in [-0.39, 0.29) is 18.3 Å². The molecule has 0 spiro atoms. The summed E-state index contributed by atoms with van der Waals surface area (Å²) in [6.07, 6.45) is 0.571. The first-order valence-corrected chi connectivity index (χ1v) is 6.23. The van der Waals surface area contributed by atoms with Crippen LogP contribution in [0.4, 0.5) is 0 Å². The number of Topliss-reactive ketones (excluding diaryl/α,β-unsaturated/α-hetero) is 1. The van der Waals surface area contributed by atoms with Gasteiger partial charge in [-0.05, 0) is 6.92 Å². The van der Waals surface area contributed by atoms with Crippen LogP contribution in [0.1, 0.15) is 13.8 Å². The lowest BCUT2D eigenvalue weighted by Crippen LogP contribution is -2.65. The summed E-state index contributed by atoms with van der Waals surface area (Å²) in [6, 6.07) is -1.57. The third kappa shape index (κ3) is 1.87. The van der Waals surface area contributed by atoms with E-state index in [0.29, 0.717) is 0 Å². The molecule has 2 aliphatic rings. The average molecular weight is 267 g/mol. The van der Waals surface area contributed by atoms with E-state index in [2.05, 4.69) is 6.58 Å². The number of nitrogens with zero attached hydrogens (tertiary/aromatic N) is 1. The molecule has 104 valence electrons. The number of carbonyl (C=O) groups is 3. The monoisotopic (exact) mass is 267 g/mol. The molecule has 0 aliphatic carbocycles. The molecule has 6 heteroatoms. The fraction of sp³-hybridized carbons (Fsp3) is 0.615. The smallest absolute Gasteiger partial charge is 0.337 e. The van der Waals surface area contributed by atoms with Crippen molar-refractivity contribution in [2.75, 3.05) is 6.61 Å². The molecule has 0 aromatic rings. The number of rotatable bonds is 4. The van der Waals surface area contributed by atoms with Gasteiger partial charge in [-0.25, -0.2) is 4.79 Å². The van der Waals surface area contributed by atoms with Gasteiger partial charge in [-0.1, -0.05) is 19.6 Å². The van der Waals surface area contributed by atoms with E-state index in [0.717, 1.165) is 0 Å². The Morgan fingerprint density at radius 3 is 2.74 bits per heavy atom. The molecule has 2 fully saturated rings. The first-order valence-electron chi connectivity index (χ1n) is 6.23. The summed E-state index contributed by atoms with van der Waals surface area (Å²) >= 11 is 0. The summed E-state index contributed by atoms with van der Waals surface area (Å²) in [5.41, 5.74) is 0. The molecule has 1 N–H and O–H groups in total. The van der Waals surface area contributed by atoms with Crippen molar-refractivity contribution in [2.24, 2.45) is 11.8 Å². The van der Waals surface area contributed by atoms with Crippen LogP contribution in [-0.2, 0) is 19.1 Å². The van der Waals surface area contributed by atoms with Crippen LogP contribution in [-0.4, -0.2) is 52.5 Å². The van der Waals surface area contributed by atoms with Crippen LogP contribution >= 0.6 is 0 Å². The number of aliphatic hydroxyl groups is 1. The SMILES string of the molecule is C=CCOC(=O)C1C(=O)[C@H](C)[C@H]2[C@@H]([C@H](C)O)C(=O)N12. The van der Waals surface area contributed by atoms with Gasteiger partial charge in [0.15, 0.2) is 11.8 Å². The standard InChI is InChI=1S/C13H17NO5/c1-4-5-19-13(18)10-11(16)6(2)9-8(7(3)15)12(17)14(9)10/h4,6-10,15H,1,5H2,2-3H3/t6-,7+,8-,9+,10?/m1/s1. The fourth-order valence-electron chi connectivity index (χ4n) is 2.90. The molecule has 2 saturated heterocycles. The van der Waals surface area contributed by atoms with Gasteiger partial charge in [-0.3, -0.25) is 9.59 Å². The lowest BCUT2D eigenvalue weighted by atomic mass is 9.79. The number of hydrogen-bond acceptors (Lipinski definition) is 5. The quantitative estimate of drug-likeness (QED) is 0.321.